The van der Waals surface area contributed by atoms with Crippen LogP contribution in [0.5, 0.6) is 0 Å². The van der Waals surface area contributed by atoms with Crippen LogP contribution in [-0.4, -0.2) is 21.8 Å². The zero-order chi connectivity index (χ0) is 18.5. The number of amides is 1. The molecule has 26 heavy (non-hydrogen) atoms. The van der Waals surface area contributed by atoms with Crippen molar-refractivity contribution in [3.8, 4) is 11.3 Å². The Morgan fingerprint density at radius 2 is 1.85 bits per heavy atom. The number of hydrogen-bond donors (Lipinski definition) is 2. The number of aromatic amines is 1. The van der Waals surface area contributed by atoms with Crippen LogP contribution in [0, 0.1) is 5.82 Å². The highest BCUT2D eigenvalue weighted by Gasteiger charge is 2.11. The van der Waals surface area contributed by atoms with Crippen molar-refractivity contribution < 1.29 is 9.18 Å². The molecule has 0 saturated heterocycles. The fourth-order valence-corrected chi connectivity index (χ4v) is 2.45. The maximum absolute atomic E-state index is 12.9. The fraction of sp³-hybridized carbons (Fsp3) is 0.150. The van der Waals surface area contributed by atoms with Gasteiger partial charge in [0.25, 0.3) is 5.91 Å². The highest BCUT2D eigenvalue weighted by molar-refractivity contribution is 6.00. The SMILES string of the molecule is CCc1ccc(-c2cc(C(=O)N/N=C(\C)c3ccc(F)cc3)[nH]n2)cc1. The topological polar surface area (TPSA) is 70.1 Å². The summed E-state index contributed by atoms with van der Waals surface area (Å²) < 4.78 is 12.9. The predicted molar refractivity (Wildman–Crippen MR) is 99.5 cm³/mol. The molecule has 0 aliphatic carbocycles. The van der Waals surface area contributed by atoms with Crippen molar-refractivity contribution in [3.63, 3.8) is 0 Å². The molecule has 1 amide bonds. The minimum absolute atomic E-state index is 0.315. The first-order chi connectivity index (χ1) is 12.6. The first kappa shape index (κ1) is 17.5. The van der Waals surface area contributed by atoms with E-state index in [-0.39, 0.29) is 5.82 Å². The number of aryl methyl sites for hydroxylation is 1. The summed E-state index contributed by atoms with van der Waals surface area (Å²) in [5.41, 5.74) is 6.97. The smallest absolute Gasteiger partial charge is 0.272 e. The standard InChI is InChI=1S/C20H19FN4O/c1-3-14-4-6-16(7-5-14)18-12-19(24-23-18)20(26)25-22-13(2)15-8-10-17(21)11-9-15/h4-12H,3H2,1-2H3,(H,23,24)(H,25,26)/b22-13+. The number of nitrogens with one attached hydrogen (secondary N) is 2. The molecule has 3 rings (SSSR count). The summed E-state index contributed by atoms with van der Waals surface area (Å²) in [6.07, 6.45) is 0.972. The average Bonchev–Trinajstić information content (AvgIpc) is 3.17. The lowest BCUT2D eigenvalue weighted by atomic mass is 10.1. The minimum atomic E-state index is -0.393. The number of nitrogens with zero attached hydrogens (tertiary/aromatic N) is 2. The molecule has 1 heterocycles. The number of hydrazone groups is 1. The molecule has 0 aliphatic rings. The molecule has 0 radical (unpaired) electrons. The van der Waals surface area contributed by atoms with Crippen LogP contribution < -0.4 is 5.43 Å². The number of carbonyl (C=O) groups is 1. The summed E-state index contributed by atoms with van der Waals surface area (Å²) in [4.78, 5) is 12.2. The van der Waals surface area contributed by atoms with Crippen LogP contribution in [-0.2, 0) is 6.42 Å². The van der Waals surface area contributed by atoms with Gasteiger partial charge in [-0.2, -0.15) is 10.2 Å². The number of hydrogen-bond acceptors (Lipinski definition) is 3. The first-order valence-corrected chi connectivity index (χ1v) is 8.32. The third kappa shape index (κ3) is 4.03. The molecule has 1 aromatic heterocycles. The van der Waals surface area contributed by atoms with Gasteiger partial charge < -0.3 is 0 Å². The van der Waals surface area contributed by atoms with Crippen LogP contribution in [0.3, 0.4) is 0 Å². The lowest BCUT2D eigenvalue weighted by Gasteiger charge is -2.01. The van der Waals surface area contributed by atoms with E-state index in [4.69, 9.17) is 0 Å². The van der Waals surface area contributed by atoms with Crippen LogP contribution in [0.2, 0.25) is 0 Å². The highest BCUT2D eigenvalue weighted by Crippen LogP contribution is 2.18. The van der Waals surface area contributed by atoms with Crippen molar-refractivity contribution >= 4 is 11.6 Å². The summed E-state index contributed by atoms with van der Waals surface area (Å²) in [6.45, 7) is 3.83. The molecule has 0 fully saturated rings. The number of H-pyrrole nitrogens is 1. The quantitative estimate of drug-likeness (QED) is 0.541. The van der Waals surface area contributed by atoms with Gasteiger partial charge in [0, 0.05) is 5.56 Å². The van der Waals surface area contributed by atoms with Gasteiger partial charge in [-0.3, -0.25) is 9.89 Å². The van der Waals surface area contributed by atoms with E-state index in [0.717, 1.165) is 17.5 Å². The molecule has 0 bridgehead atoms. The molecule has 6 heteroatoms. The third-order valence-corrected chi connectivity index (χ3v) is 4.07. The fourth-order valence-electron chi connectivity index (χ4n) is 2.45. The van der Waals surface area contributed by atoms with Gasteiger partial charge in [-0.25, -0.2) is 9.82 Å². The second kappa shape index (κ2) is 7.74. The van der Waals surface area contributed by atoms with Gasteiger partial charge >= 0.3 is 0 Å². The van der Waals surface area contributed by atoms with Crippen LogP contribution >= 0.6 is 0 Å². The van der Waals surface area contributed by atoms with E-state index in [0.29, 0.717) is 17.1 Å². The third-order valence-electron chi connectivity index (χ3n) is 4.07. The largest absolute Gasteiger partial charge is 0.289 e. The second-order valence-corrected chi connectivity index (χ2v) is 5.86. The van der Waals surface area contributed by atoms with E-state index in [1.54, 1.807) is 25.1 Å². The Morgan fingerprint density at radius 3 is 2.50 bits per heavy atom. The summed E-state index contributed by atoms with van der Waals surface area (Å²) in [5, 5.41) is 11.0. The Labute approximate surface area is 151 Å². The van der Waals surface area contributed by atoms with Gasteiger partial charge in [0.1, 0.15) is 11.5 Å². The van der Waals surface area contributed by atoms with Crippen molar-refractivity contribution in [2.45, 2.75) is 20.3 Å². The van der Waals surface area contributed by atoms with Crippen LogP contribution in [0.15, 0.2) is 59.7 Å². The van der Waals surface area contributed by atoms with Crippen molar-refractivity contribution in [1.29, 1.82) is 0 Å². The normalized spacial score (nSPS) is 11.4. The number of aromatic nitrogens is 2. The molecular formula is C20H19FN4O. The zero-order valence-corrected chi connectivity index (χ0v) is 14.6. The molecule has 0 saturated carbocycles. The van der Waals surface area contributed by atoms with Crippen LogP contribution in [0.4, 0.5) is 4.39 Å². The predicted octanol–water partition coefficient (Wildman–Crippen LogP) is 3.93. The van der Waals surface area contributed by atoms with E-state index >= 15 is 0 Å². The highest BCUT2D eigenvalue weighted by atomic mass is 19.1. The average molecular weight is 350 g/mol. The number of halogens is 1. The van der Waals surface area contributed by atoms with E-state index in [1.807, 2.05) is 24.3 Å². The van der Waals surface area contributed by atoms with Gasteiger partial charge in [-0.1, -0.05) is 43.3 Å². The van der Waals surface area contributed by atoms with Gasteiger partial charge in [0.15, 0.2) is 0 Å². The van der Waals surface area contributed by atoms with Crippen molar-refractivity contribution in [2.75, 3.05) is 0 Å². The van der Waals surface area contributed by atoms with Crippen molar-refractivity contribution in [3.05, 3.63) is 77.2 Å². The summed E-state index contributed by atoms with van der Waals surface area (Å²) in [5.74, 6) is -0.710. The molecule has 5 nitrogen and oxygen atoms in total. The first-order valence-electron chi connectivity index (χ1n) is 8.32. The zero-order valence-electron chi connectivity index (χ0n) is 14.6. The Hall–Kier alpha value is -3.28. The second-order valence-electron chi connectivity index (χ2n) is 5.86. The van der Waals surface area contributed by atoms with Gasteiger partial charge in [0.05, 0.1) is 11.4 Å². The molecule has 132 valence electrons. The van der Waals surface area contributed by atoms with Crippen LogP contribution in [0.1, 0.15) is 35.5 Å². The maximum atomic E-state index is 12.9. The van der Waals surface area contributed by atoms with E-state index < -0.39 is 5.91 Å². The van der Waals surface area contributed by atoms with Gasteiger partial charge in [-0.05, 0) is 42.7 Å². The van der Waals surface area contributed by atoms with Crippen LogP contribution in [0.25, 0.3) is 11.3 Å². The Balaban J connectivity index is 1.69. The Morgan fingerprint density at radius 1 is 1.15 bits per heavy atom. The number of rotatable bonds is 5. The number of benzene rings is 2. The molecule has 0 atom stereocenters. The lowest BCUT2D eigenvalue weighted by molar-refractivity contribution is 0.0950. The Bertz CT molecular complexity index is 927. The Kier molecular flexibility index (Phi) is 5.22. The molecule has 2 N–H and O–H groups in total. The van der Waals surface area contributed by atoms with E-state index in [1.165, 1.54) is 17.7 Å². The molecule has 0 unspecified atom stereocenters. The molecular weight excluding hydrogens is 331 g/mol. The molecule has 0 spiro atoms. The minimum Gasteiger partial charge on any atom is -0.272 e. The lowest BCUT2D eigenvalue weighted by Crippen LogP contribution is -2.19. The van der Waals surface area contributed by atoms with Gasteiger partial charge in [0.2, 0.25) is 0 Å². The van der Waals surface area contributed by atoms with Crippen molar-refractivity contribution in [1.82, 2.24) is 15.6 Å². The number of carbonyl (C=O) groups excluding carboxylic acids is 1. The molecule has 0 aliphatic heterocycles. The summed E-state index contributed by atoms with van der Waals surface area (Å²) in [6, 6.07) is 15.6. The summed E-state index contributed by atoms with van der Waals surface area (Å²) in [7, 11) is 0. The summed E-state index contributed by atoms with van der Waals surface area (Å²) >= 11 is 0. The molecule has 3 aromatic rings. The monoisotopic (exact) mass is 350 g/mol. The van der Waals surface area contributed by atoms with Gasteiger partial charge in [-0.15, -0.1) is 0 Å². The van der Waals surface area contributed by atoms with E-state index in [9.17, 15) is 9.18 Å². The maximum Gasteiger partial charge on any atom is 0.289 e. The van der Waals surface area contributed by atoms with Crippen molar-refractivity contribution in [2.24, 2.45) is 5.10 Å². The van der Waals surface area contributed by atoms with E-state index in [2.05, 4.69) is 27.6 Å². The molecule has 2 aromatic carbocycles.